The summed E-state index contributed by atoms with van der Waals surface area (Å²) in [5, 5.41) is 2.53. The lowest BCUT2D eigenvalue weighted by Crippen LogP contribution is -2.44. The van der Waals surface area contributed by atoms with Gasteiger partial charge in [-0.1, -0.05) is 20.8 Å². The average molecular weight is 409 g/mol. The van der Waals surface area contributed by atoms with Crippen molar-refractivity contribution in [3.63, 3.8) is 0 Å². The normalized spacial score (nSPS) is 11.5. The maximum atomic E-state index is 12.3. The van der Waals surface area contributed by atoms with Crippen molar-refractivity contribution in [1.29, 1.82) is 0 Å². The van der Waals surface area contributed by atoms with Gasteiger partial charge in [-0.3, -0.25) is 4.79 Å². The van der Waals surface area contributed by atoms with Gasteiger partial charge in [-0.15, -0.1) is 0 Å². The zero-order valence-electron chi connectivity index (χ0n) is 17.8. The van der Waals surface area contributed by atoms with E-state index in [0.717, 1.165) is 6.42 Å². The van der Waals surface area contributed by atoms with Crippen LogP contribution in [0.3, 0.4) is 0 Å². The van der Waals surface area contributed by atoms with E-state index in [9.17, 15) is 14.4 Å². The molecule has 0 bridgehead atoms. The highest BCUT2D eigenvalue weighted by Gasteiger charge is 2.23. The van der Waals surface area contributed by atoms with Gasteiger partial charge in [0.1, 0.15) is 6.04 Å². The van der Waals surface area contributed by atoms with Crippen molar-refractivity contribution >= 4 is 17.8 Å². The second-order valence-corrected chi connectivity index (χ2v) is 6.79. The van der Waals surface area contributed by atoms with E-state index in [1.54, 1.807) is 12.1 Å². The number of esters is 2. The summed E-state index contributed by atoms with van der Waals surface area (Å²) in [5.74, 6) is -0.654. The van der Waals surface area contributed by atoms with E-state index in [1.165, 1.54) is 13.2 Å². The molecule has 0 aliphatic rings. The summed E-state index contributed by atoms with van der Waals surface area (Å²) < 4.78 is 20.9. The van der Waals surface area contributed by atoms with Gasteiger partial charge in [0, 0.05) is 0 Å². The summed E-state index contributed by atoms with van der Waals surface area (Å²) in [6.45, 7) is 8.09. The van der Waals surface area contributed by atoms with Crippen molar-refractivity contribution < 1.29 is 33.3 Å². The van der Waals surface area contributed by atoms with Crippen LogP contribution >= 0.6 is 0 Å². The van der Waals surface area contributed by atoms with Gasteiger partial charge in [0.25, 0.3) is 5.91 Å². The fraction of sp³-hybridized carbons (Fsp3) is 0.571. The molecule has 0 aliphatic heterocycles. The van der Waals surface area contributed by atoms with Crippen LogP contribution in [0.1, 0.15) is 50.9 Å². The lowest BCUT2D eigenvalue weighted by Gasteiger charge is -2.18. The number of hydrogen-bond acceptors (Lipinski definition) is 7. The summed E-state index contributed by atoms with van der Waals surface area (Å²) in [6.07, 6.45) is 1.26. The van der Waals surface area contributed by atoms with Crippen LogP contribution < -0.4 is 14.8 Å². The Labute approximate surface area is 171 Å². The summed E-state index contributed by atoms with van der Waals surface area (Å²) in [4.78, 5) is 36.2. The number of benzene rings is 1. The Bertz CT molecular complexity index is 688. The van der Waals surface area contributed by atoms with E-state index < -0.39 is 30.5 Å². The highest BCUT2D eigenvalue weighted by molar-refractivity contribution is 5.92. The SMILES string of the molecule is CCCOc1ccc(C(=O)OCC(=O)NC(CC(C)C)C(=O)OC)cc1OCC. The van der Waals surface area contributed by atoms with Crippen molar-refractivity contribution in [2.75, 3.05) is 26.9 Å². The fourth-order valence-corrected chi connectivity index (χ4v) is 2.51. The van der Waals surface area contributed by atoms with E-state index >= 15 is 0 Å². The molecule has 1 rings (SSSR count). The standard InChI is InChI=1S/C21H31NO7/c1-6-10-28-17-9-8-15(12-18(17)27-7-2)20(24)29-13-19(23)22-16(11-14(3)4)21(25)26-5/h8-9,12,14,16H,6-7,10-11,13H2,1-5H3,(H,22,23). The smallest absolute Gasteiger partial charge is 0.338 e. The van der Waals surface area contributed by atoms with Gasteiger partial charge in [0.15, 0.2) is 18.1 Å². The van der Waals surface area contributed by atoms with E-state index in [1.807, 2.05) is 27.7 Å². The lowest BCUT2D eigenvalue weighted by molar-refractivity contribution is -0.145. The van der Waals surface area contributed by atoms with Gasteiger partial charge >= 0.3 is 11.9 Å². The fourth-order valence-electron chi connectivity index (χ4n) is 2.51. The molecule has 0 saturated carbocycles. The molecule has 0 saturated heterocycles. The number of methoxy groups -OCH3 is 1. The number of carbonyl (C=O) groups excluding carboxylic acids is 3. The molecular weight excluding hydrogens is 378 g/mol. The lowest BCUT2D eigenvalue weighted by atomic mass is 10.0. The molecule has 29 heavy (non-hydrogen) atoms. The van der Waals surface area contributed by atoms with E-state index in [0.29, 0.717) is 31.1 Å². The number of ether oxygens (including phenoxy) is 4. The minimum Gasteiger partial charge on any atom is -0.490 e. The first-order chi connectivity index (χ1) is 13.8. The predicted octanol–water partition coefficient (Wildman–Crippen LogP) is 2.73. The third-order valence-corrected chi connectivity index (χ3v) is 3.80. The van der Waals surface area contributed by atoms with Crippen molar-refractivity contribution in [3.05, 3.63) is 23.8 Å². The first-order valence-electron chi connectivity index (χ1n) is 9.76. The molecule has 1 unspecified atom stereocenters. The molecule has 1 N–H and O–H groups in total. The summed E-state index contributed by atoms with van der Waals surface area (Å²) >= 11 is 0. The first kappa shape index (κ1) is 24.3. The second kappa shape index (κ2) is 12.6. The molecule has 0 spiro atoms. The van der Waals surface area contributed by atoms with E-state index in [4.69, 9.17) is 18.9 Å². The molecule has 1 aromatic carbocycles. The molecule has 0 radical (unpaired) electrons. The zero-order valence-corrected chi connectivity index (χ0v) is 17.8. The molecule has 8 nitrogen and oxygen atoms in total. The Morgan fingerprint density at radius 1 is 1.07 bits per heavy atom. The third kappa shape index (κ3) is 8.41. The van der Waals surface area contributed by atoms with Crippen LogP contribution in [0.2, 0.25) is 0 Å². The van der Waals surface area contributed by atoms with Crippen LogP contribution in [0.15, 0.2) is 18.2 Å². The van der Waals surface area contributed by atoms with Crippen LogP contribution in [-0.4, -0.2) is 50.8 Å². The highest BCUT2D eigenvalue weighted by Crippen LogP contribution is 2.29. The largest absolute Gasteiger partial charge is 0.490 e. The number of nitrogens with one attached hydrogen (secondary N) is 1. The first-order valence-corrected chi connectivity index (χ1v) is 9.76. The number of carbonyl (C=O) groups is 3. The number of rotatable bonds is 12. The third-order valence-electron chi connectivity index (χ3n) is 3.80. The molecule has 162 valence electrons. The quantitative estimate of drug-likeness (QED) is 0.530. The summed E-state index contributed by atoms with van der Waals surface area (Å²) in [6, 6.07) is 3.91. The number of amides is 1. The van der Waals surface area contributed by atoms with Crippen LogP contribution in [0.4, 0.5) is 0 Å². The van der Waals surface area contributed by atoms with Crippen molar-refractivity contribution in [3.8, 4) is 11.5 Å². The van der Waals surface area contributed by atoms with Gasteiger partial charge in [0.05, 0.1) is 25.9 Å². The molecule has 0 aliphatic carbocycles. The molecule has 1 amide bonds. The van der Waals surface area contributed by atoms with Crippen molar-refractivity contribution in [2.45, 2.75) is 46.6 Å². The van der Waals surface area contributed by atoms with Gasteiger partial charge in [-0.05, 0) is 43.9 Å². The van der Waals surface area contributed by atoms with Crippen LogP contribution in [-0.2, 0) is 19.1 Å². The van der Waals surface area contributed by atoms with Crippen LogP contribution in [0.25, 0.3) is 0 Å². The Morgan fingerprint density at radius 2 is 1.79 bits per heavy atom. The Balaban J connectivity index is 2.71. The van der Waals surface area contributed by atoms with Crippen molar-refractivity contribution in [1.82, 2.24) is 5.32 Å². The molecule has 0 aromatic heterocycles. The zero-order chi connectivity index (χ0) is 21.8. The average Bonchev–Trinajstić information content (AvgIpc) is 2.69. The molecule has 0 fully saturated rings. The molecule has 0 heterocycles. The Hall–Kier alpha value is -2.77. The van der Waals surface area contributed by atoms with Gasteiger partial charge in [0.2, 0.25) is 0 Å². The van der Waals surface area contributed by atoms with Crippen LogP contribution in [0.5, 0.6) is 11.5 Å². The molecular formula is C21H31NO7. The Morgan fingerprint density at radius 3 is 2.38 bits per heavy atom. The summed E-state index contributed by atoms with van der Waals surface area (Å²) in [5.41, 5.74) is 0.233. The molecule has 1 aromatic rings. The monoisotopic (exact) mass is 409 g/mol. The van der Waals surface area contributed by atoms with Gasteiger partial charge < -0.3 is 24.3 Å². The second-order valence-electron chi connectivity index (χ2n) is 6.79. The maximum absolute atomic E-state index is 12.3. The number of hydrogen-bond donors (Lipinski definition) is 1. The Kier molecular flexibility index (Phi) is 10.6. The minimum absolute atomic E-state index is 0.173. The van der Waals surface area contributed by atoms with E-state index in [-0.39, 0.29) is 11.5 Å². The van der Waals surface area contributed by atoms with E-state index in [2.05, 4.69) is 5.32 Å². The highest BCUT2D eigenvalue weighted by atomic mass is 16.5. The predicted molar refractivity (Wildman–Crippen MR) is 107 cm³/mol. The maximum Gasteiger partial charge on any atom is 0.338 e. The van der Waals surface area contributed by atoms with Crippen LogP contribution in [0, 0.1) is 5.92 Å². The minimum atomic E-state index is -0.786. The summed E-state index contributed by atoms with van der Waals surface area (Å²) in [7, 11) is 1.26. The topological polar surface area (TPSA) is 100 Å². The van der Waals surface area contributed by atoms with Gasteiger partial charge in [-0.2, -0.15) is 0 Å². The van der Waals surface area contributed by atoms with Crippen molar-refractivity contribution in [2.24, 2.45) is 5.92 Å². The van der Waals surface area contributed by atoms with Gasteiger partial charge in [-0.25, -0.2) is 9.59 Å². The molecule has 8 heteroatoms. The molecule has 1 atom stereocenters.